The molecule has 10 nitrogen and oxygen atoms in total. The van der Waals surface area contributed by atoms with Gasteiger partial charge in [0.25, 0.3) is 5.91 Å². The van der Waals surface area contributed by atoms with Crippen molar-refractivity contribution in [2.45, 2.75) is 38.0 Å². The summed E-state index contributed by atoms with van der Waals surface area (Å²) in [5.74, 6) is -0.890. The lowest BCUT2D eigenvalue weighted by Gasteiger charge is -2.14. The summed E-state index contributed by atoms with van der Waals surface area (Å²) in [6.07, 6.45) is 4.40. The Kier molecular flexibility index (Phi) is 6.33. The number of fused-ring (bicyclic) bond motifs is 1. The van der Waals surface area contributed by atoms with Crippen molar-refractivity contribution in [1.29, 1.82) is 0 Å². The van der Waals surface area contributed by atoms with Crippen LogP contribution in [-0.2, 0) is 24.1 Å². The van der Waals surface area contributed by atoms with Gasteiger partial charge >= 0.3 is 6.18 Å². The number of carbonyl (C=O) groups excluding carboxylic acids is 1. The number of hydrazine groups is 2. The molecular weight excluding hydrogens is 532 g/mol. The predicted molar refractivity (Wildman–Crippen MR) is 134 cm³/mol. The van der Waals surface area contributed by atoms with Crippen LogP contribution in [0.25, 0.3) is 11.3 Å². The van der Waals surface area contributed by atoms with Gasteiger partial charge in [0.1, 0.15) is 11.3 Å². The largest absolute Gasteiger partial charge is 0.494 e. The molecule has 1 aliphatic carbocycles. The molecule has 40 heavy (non-hydrogen) atoms. The molecule has 3 N–H and O–H groups in total. The van der Waals surface area contributed by atoms with E-state index in [0.29, 0.717) is 12.5 Å². The van der Waals surface area contributed by atoms with Crippen LogP contribution in [0, 0.1) is 5.82 Å². The van der Waals surface area contributed by atoms with E-state index < -0.39 is 23.6 Å². The number of aromatic nitrogens is 4. The zero-order valence-electron chi connectivity index (χ0n) is 21.2. The van der Waals surface area contributed by atoms with E-state index in [1.54, 1.807) is 11.2 Å². The highest BCUT2D eigenvalue weighted by Crippen LogP contribution is 2.40. The van der Waals surface area contributed by atoms with Crippen LogP contribution in [0.15, 0.2) is 60.8 Å². The normalized spacial score (nSPS) is 15.3. The molecule has 0 unspecified atom stereocenters. The Morgan fingerprint density at radius 3 is 2.73 bits per heavy atom. The van der Waals surface area contributed by atoms with Crippen molar-refractivity contribution >= 4 is 11.6 Å². The number of methoxy groups -OCH3 is 1. The average Bonchev–Trinajstić information content (AvgIpc) is 3.29. The summed E-state index contributed by atoms with van der Waals surface area (Å²) in [4.78, 5) is 17.5. The van der Waals surface area contributed by atoms with E-state index in [1.165, 1.54) is 37.6 Å². The van der Waals surface area contributed by atoms with E-state index in [2.05, 4.69) is 38.6 Å². The summed E-state index contributed by atoms with van der Waals surface area (Å²) < 4.78 is 62.2. The van der Waals surface area contributed by atoms with Crippen molar-refractivity contribution in [3.63, 3.8) is 0 Å². The van der Waals surface area contributed by atoms with Gasteiger partial charge in [0.15, 0.2) is 17.3 Å². The molecule has 3 aromatic heterocycles. The third kappa shape index (κ3) is 5.04. The molecule has 0 saturated heterocycles. The number of pyridine rings is 1. The number of nitrogens with one attached hydrogen (secondary N) is 3. The lowest BCUT2D eigenvalue weighted by atomic mass is 10.1. The average molecular weight is 557 g/mol. The Morgan fingerprint density at radius 1 is 1.18 bits per heavy atom. The van der Waals surface area contributed by atoms with Crippen LogP contribution in [0.4, 0.5) is 17.6 Å². The van der Waals surface area contributed by atoms with Crippen LogP contribution in [0.1, 0.15) is 41.3 Å². The Balaban J connectivity index is 1.15. The van der Waals surface area contributed by atoms with E-state index in [1.807, 2.05) is 16.7 Å². The Labute approximate surface area is 225 Å². The molecule has 0 atom stereocenters. The maximum Gasteiger partial charge on any atom is 0.435 e. The lowest BCUT2D eigenvalue weighted by Crippen LogP contribution is -2.38. The van der Waals surface area contributed by atoms with Gasteiger partial charge in [-0.3, -0.25) is 15.2 Å². The fourth-order valence-electron chi connectivity index (χ4n) is 4.53. The van der Waals surface area contributed by atoms with Crippen LogP contribution in [0.2, 0.25) is 0 Å². The number of alkyl halides is 3. The first kappa shape index (κ1) is 25.7. The maximum absolute atomic E-state index is 15.2. The number of amides is 1. The van der Waals surface area contributed by atoms with Crippen molar-refractivity contribution in [3.8, 4) is 11.4 Å². The van der Waals surface area contributed by atoms with E-state index in [4.69, 9.17) is 4.74 Å². The highest BCUT2D eigenvalue weighted by atomic mass is 19.4. The molecule has 0 spiro atoms. The van der Waals surface area contributed by atoms with Crippen LogP contribution >= 0.6 is 0 Å². The van der Waals surface area contributed by atoms with Crippen molar-refractivity contribution in [2.75, 3.05) is 7.11 Å². The number of imidazole rings is 1. The third-order valence-corrected chi connectivity index (χ3v) is 6.72. The molecule has 4 heterocycles. The molecule has 0 bridgehead atoms. The Morgan fingerprint density at radius 2 is 2.00 bits per heavy atom. The van der Waals surface area contributed by atoms with Gasteiger partial charge in [0, 0.05) is 36.9 Å². The first-order valence-electron chi connectivity index (χ1n) is 12.4. The van der Waals surface area contributed by atoms with Gasteiger partial charge in [0.2, 0.25) is 0 Å². The second-order valence-corrected chi connectivity index (χ2v) is 9.55. The fraction of sp³-hybridized carbons (Fsp3) is 0.269. The topological polar surface area (TPSA) is 101 Å². The molecule has 0 radical (unpaired) electrons. The quantitative estimate of drug-likeness (QED) is 0.286. The summed E-state index contributed by atoms with van der Waals surface area (Å²) >= 11 is 0. The molecular formula is C26H24F4N8O2. The summed E-state index contributed by atoms with van der Waals surface area (Å²) in [6.45, 7) is 0.0207. The molecule has 1 amide bonds. The molecule has 1 fully saturated rings. The second kappa shape index (κ2) is 9.86. The number of carbonyl (C=O) groups is 1. The summed E-state index contributed by atoms with van der Waals surface area (Å²) in [5.41, 5.74) is 7.49. The second-order valence-electron chi connectivity index (χ2n) is 9.55. The van der Waals surface area contributed by atoms with Gasteiger partial charge < -0.3 is 14.5 Å². The standard InChI is InChI=1S/C26H24F4N8O2/c1-40-21-6-5-20(38-9-8-22(34-38)26(28,29)30)18(24(21)27)10-31-25(39)19-14-37(35-33-19)13-17-12-36-11-16(15-2-3-15)4-7-23(36)32-17/h4-9,11-12,14-15,33,35H,2-3,10,13H2,1H3,(H,31,39). The Bertz CT molecular complexity index is 1620. The van der Waals surface area contributed by atoms with Gasteiger partial charge in [-0.1, -0.05) is 6.07 Å². The van der Waals surface area contributed by atoms with Gasteiger partial charge in [-0.25, -0.2) is 14.1 Å². The molecule has 2 aliphatic rings. The fourth-order valence-corrected chi connectivity index (χ4v) is 4.53. The minimum atomic E-state index is -4.66. The van der Waals surface area contributed by atoms with Crippen LogP contribution in [0.3, 0.4) is 0 Å². The van der Waals surface area contributed by atoms with Gasteiger partial charge in [-0.2, -0.15) is 18.3 Å². The third-order valence-electron chi connectivity index (χ3n) is 6.72. The number of nitrogens with zero attached hydrogens (tertiary/aromatic N) is 5. The van der Waals surface area contributed by atoms with Gasteiger partial charge in [0.05, 0.1) is 25.0 Å². The summed E-state index contributed by atoms with van der Waals surface area (Å²) in [6, 6.07) is 7.52. The number of hydrogen-bond acceptors (Lipinski definition) is 7. The van der Waals surface area contributed by atoms with E-state index in [9.17, 15) is 18.0 Å². The van der Waals surface area contributed by atoms with Crippen molar-refractivity contribution in [3.05, 3.63) is 89.2 Å². The highest BCUT2D eigenvalue weighted by molar-refractivity contribution is 5.92. The molecule has 4 aromatic rings. The lowest BCUT2D eigenvalue weighted by molar-refractivity contribution is -0.141. The smallest absolute Gasteiger partial charge is 0.435 e. The highest BCUT2D eigenvalue weighted by Gasteiger charge is 2.34. The zero-order valence-corrected chi connectivity index (χ0v) is 21.2. The first-order valence-corrected chi connectivity index (χ1v) is 12.4. The van der Waals surface area contributed by atoms with Crippen LogP contribution < -0.4 is 21.0 Å². The number of rotatable bonds is 8. The molecule has 14 heteroatoms. The maximum atomic E-state index is 15.2. The molecule has 208 valence electrons. The van der Waals surface area contributed by atoms with Crippen LogP contribution in [0.5, 0.6) is 5.75 Å². The number of benzene rings is 1. The molecule has 1 aromatic carbocycles. The molecule has 6 rings (SSSR count). The minimum Gasteiger partial charge on any atom is -0.494 e. The minimum absolute atomic E-state index is 0.0268. The van der Waals surface area contributed by atoms with E-state index in [-0.39, 0.29) is 29.2 Å². The SMILES string of the molecule is COc1ccc(-n2ccc(C(F)(F)F)n2)c(CNC(=O)C2=CN(Cc3cn4cc(C5CC5)ccc4n3)NN2)c1F. The number of halogens is 4. The van der Waals surface area contributed by atoms with Crippen LogP contribution in [-0.4, -0.2) is 37.2 Å². The zero-order chi connectivity index (χ0) is 28.0. The van der Waals surface area contributed by atoms with E-state index >= 15 is 4.39 Å². The number of ether oxygens (including phenoxy) is 1. The summed E-state index contributed by atoms with van der Waals surface area (Å²) in [7, 11) is 1.26. The van der Waals surface area contributed by atoms with Crippen molar-refractivity contribution in [2.24, 2.45) is 0 Å². The van der Waals surface area contributed by atoms with Crippen molar-refractivity contribution in [1.82, 2.24) is 40.5 Å². The first-order chi connectivity index (χ1) is 19.2. The summed E-state index contributed by atoms with van der Waals surface area (Å²) in [5, 5.41) is 7.75. The van der Waals surface area contributed by atoms with Gasteiger partial charge in [-0.05, 0) is 48.6 Å². The van der Waals surface area contributed by atoms with Gasteiger partial charge in [-0.15, -0.1) is 5.53 Å². The monoisotopic (exact) mass is 556 g/mol. The van der Waals surface area contributed by atoms with Crippen molar-refractivity contribution < 1.29 is 27.1 Å². The molecule has 1 aliphatic heterocycles. The van der Waals surface area contributed by atoms with E-state index in [0.717, 1.165) is 28.3 Å². The predicted octanol–water partition coefficient (Wildman–Crippen LogP) is 3.55. The molecule has 1 saturated carbocycles. The number of hydrogen-bond donors (Lipinski definition) is 3. The Hall–Kier alpha value is -4.59.